The monoisotopic (exact) mass is 384 g/mol. The van der Waals surface area contributed by atoms with Crippen molar-refractivity contribution in [2.75, 3.05) is 18.4 Å². The van der Waals surface area contributed by atoms with Gasteiger partial charge in [0.2, 0.25) is 5.91 Å². The molecule has 0 saturated carbocycles. The van der Waals surface area contributed by atoms with E-state index >= 15 is 0 Å². The van der Waals surface area contributed by atoms with E-state index < -0.39 is 11.7 Å². The van der Waals surface area contributed by atoms with Crippen LogP contribution in [-0.2, 0) is 23.9 Å². The number of likely N-dealkylation sites (tertiary alicyclic amines) is 1. The Morgan fingerprint density at radius 2 is 2.23 bits per heavy atom. The molecule has 26 heavy (non-hydrogen) atoms. The van der Waals surface area contributed by atoms with Crippen molar-refractivity contribution in [3.05, 3.63) is 40.7 Å². The molecule has 1 amide bonds. The number of carbonyl (C=O) groups excluding carboxylic acids is 1. The van der Waals surface area contributed by atoms with Gasteiger partial charge in [-0.05, 0) is 37.4 Å². The van der Waals surface area contributed by atoms with Crippen LogP contribution in [0.25, 0.3) is 0 Å². The van der Waals surface area contributed by atoms with Crippen LogP contribution in [0.2, 0.25) is 0 Å². The van der Waals surface area contributed by atoms with Gasteiger partial charge in [-0.2, -0.15) is 13.2 Å². The minimum absolute atomic E-state index is 0.152. The highest BCUT2D eigenvalue weighted by molar-refractivity contribution is 7.15. The summed E-state index contributed by atoms with van der Waals surface area (Å²) >= 11 is 1.44. The zero-order valence-electron chi connectivity index (χ0n) is 14.2. The zero-order valence-corrected chi connectivity index (χ0v) is 15.0. The number of halogens is 3. The Labute approximate surface area is 153 Å². The standard InChI is InChI=1S/C17H19F3N4OS/c1-11(25)23-16-22-8-15(26-16)10-24-5-3-12(9-24)6-14-7-13(2-4-21-14)17(18,19)20/h2,4,7-8,12H,3,5-6,9-10H2,1H3,(H,22,23,25). The molecule has 1 fully saturated rings. The van der Waals surface area contributed by atoms with E-state index in [2.05, 4.69) is 20.2 Å². The summed E-state index contributed by atoms with van der Waals surface area (Å²) in [5.74, 6) is 0.134. The molecule has 1 saturated heterocycles. The molecule has 2 aromatic rings. The highest BCUT2D eigenvalue weighted by Crippen LogP contribution is 2.30. The molecule has 1 unspecified atom stereocenters. The predicted molar refractivity (Wildman–Crippen MR) is 92.7 cm³/mol. The summed E-state index contributed by atoms with van der Waals surface area (Å²) in [7, 11) is 0. The van der Waals surface area contributed by atoms with E-state index in [1.54, 1.807) is 6.20 Å². The first kappa shape index (κ1) is 18.8. The second kappa shape index (κ2) is 7.71. The number of carbonyl (C=O) groups is 1. The number of nitrogens with zero attached hydrogens (tertiary/aromatic N) is 3. The molecule has 0 radical (unpaired) electrons. The number of rotatable bonds is 5. The molecule has 140 valence electrons. The van der Waals surface area contributed by atoms with E-state index in [1.807, 2.05) is 0 Å². The summed E-state index contributed by atoms with van der Waals surface area (Å²) in [4.78, 5) is 22.6. The molecule has 1 N–H and O–H groups in total. The molecule has 0 aliphatic carbocycles. The van der Waals surface area contributed by atoms with Crippen LogP contribution in [0.1, 0.15) is 29.5 Å². The van der Waals surface area contributed by atoms with Crippen LogP contribution in [0.5, 0.6) is 0 Å². The molecule has 3 heterocycles. The van der Waals surface area contributed by atoms with Crippen molar-refractivity contribution in [3.8, 4) is 0 Å². The number of hydrogen-bond donors (Lipinski definition) is 1. The molecule has 0 spiro atoms. The maximum Gasteiger partial charge on any atom is 0.416 e. The quantitative estimate of drug-likeness (QED) is 0.856. The number of anilines is 1. The Morgan fingerprint density at radius 1 is 1.42 bits per heavy atom. The second-order valence-electron chi connectivity index (χ2n) is 6.44. The molecule has 1 atom stereocenters. The number of hydrogen-bond acceptors (Lipinski definition) is 5. The van der Waals surface area contributed by atoms with Crippen molar-refractivity contribution in [1.29, 1.82) is 0 Å². The van der Waals surface area contributed by atoms with Gasteiger partial charge in [0.15, 0.2) is 5.13 Å². The van der Waals surface area contributed by atoms with Crippen LogP contribution in [-0.4, -0.2) is 33.9 Å². The third-order valence-electron chi connectivity index (χ3n) is 4.23. The smallest absolute Gasteiger partial charge is 0.302 e. The molecule has 1 aliphatic heterocycles. The van der Waals surface area contributed by atoms with E-state index in [1.165, 1.54) is 24.5 Å². The molecule has 9 heteroatoms. The van der Waals surface area contributed by atoms with Crippen LogP contribution in [0.4, 0.5) is 18.3 Å². The third-order valence-corrected chi connectivity index (χ3v) is 5.13. The predicted octanol–water partition coefficient (Wildman–Crippen LogP) is 3.58. The Kier molecular flexibility index (Phi) is 5.57. The van der Waals surface area contributed by atoms with E-state index in [0.29, 0.717) is 17.2 Å². The number of thiazole rings is 1. The fourth-order valence-corrected chi connectivity index (χ4v) is 4.00. The highest BCUT2D eigenvalue weighted by Gasteiger charge is 2.31. The summed E-state index contributed by atoms with van der Waals surface area (Å²) < 4.78 is 38.4. The average molecular weight is 384 g/mol. The van der Waals surface area contributed by atoms with E-state index in [0.717, 1.165) is 43.1 Å². The number of amides is 1. The molecular weight excluding hydrogens is 365 g/mol. The van der Waals surface area contributed by atoms with Crippen LogP contribution >= 0.6 is 11.3 Å². The number of aromatic nitrogens is 2. The Hall–Kier alpha value is -2.00. The number of nitrogens with one attached hydrogen (secondary N) is 1. The zero-order chi connectivity index (χ0) is 18.7. The summed E-state index contributed by atoms with van der Waals surface area (Å²) in [5.41, 5.74) is -0.162. The van der Waals surface area contributed by atoms with Crippen LogP contribution in [0, 0.1) is 5.92 Å². The number of alkyl halides is 3. The molecule has 0 bridgehead atoms. The molecule has 0 aromatic carbocycles. The molecular formula is C17H19F3N4OS. The van der Waals surface area contributed by atoms with Crippen LogP contribution in [0.15, 0.2) is 24.5 Å². The van der Waals surface area contributed by atoms with Gasteiger partial charge in [-0.3, -0.25) is 14.7 Å². The topological polar surface area (TPSA) is 58.1 Å². The average Bonchev–Trinajstić information content (AvgIpc) is 3.16. The Bertz CT molecular complexity index is 777. The molecule has 2 aromatic heterocycles. The van der Waals surface area contributed by atoms with Gasteiger partial charge in [0, 0.05) is 43.0 Å². The first-order valence-electron chi connectivity index (χ1n) is 8.26. The van der Waals surface area contributed by atoms with Gasteiger partial charge in [0.25, 0.3) is 0 Å². The summed E-state index contributed by atoms with van der Waals surface area (Å²) in [6.07, 6.45) is 0.107. The van der Waals surface area contributed by atoms with Crippen molar-refractivity contribution in [1.82, 2.24) is 14.9 Å². The third kappa shape index (κ3) is 5.01. The maximum absolute atomic E-state index is 12.8. The Morgan fingerprint density at radius 3 is 2.96 bits per heavy atom. The lowest BCUT2D eigenvalue weighted by molar-refractivity contribution is -0.137. The van der Waals surface area contributed by atoms with Gasteiger partial charge in [-0.15, -0.1) is 11.3 Å². The van der Waals surface area contributed by atoms with Crippen molar-refractivity contribution < 1.29 is 18.0 Å². The van der Waals surface area contributed by atoms with Crippen LogP contribution < -0.4 is 5.32 Å². The highest BCUT2D eigenvalue weighted by atomic mass is 32.1. The molecule has 5 nitrogen and oxygen atoms in total. The largest absolute Gasteiger partial charge is 0.416 e. The van der Waals surface area contributed by atoms with Gasteiger partial charge >= 0.3 is 6.18 Å². The first-order chi connectivity index (χ1) is 12.3. The van der Waals surface area contributed by atoms with Crippen molar-refractivity contribution >= 4 is 22.4 Å². The molecule has 3 rings (SSSR count). The SMILES string of the molecule is CC(=O)Nc1ncc(CN2CCC(Cc3cc(C(F)(F)F)ccn3)C2)s1. The van der Waals surface area contributed by atoms with Gasteiger partial charge in [0.1, 0.15) is 0 Å². The first-order valence-corrected chi connectivity index (χ1v) is 9.08. The van der Waals surface area contributed by atoms with E-state index in [-0.39, 0.29) is 11.8 Å². The summed E-state index contributed by atoms with van der Waals surface area (Å²) in [6, 6.07) is 2.15. The second-order valence-corrected chi connectivity index (χ2v) is 7.56. The van der Waals surface area contributed by atoms with E-state index in [9.17, 15) is 18.0 Å². The normalized spacial score (nSPS) is 18.2. The molecule has 1 aliphatic rings. The number of pyridine rings is 1. The summed E-state index contributed by atoms with van der Waals surface area (Å²) in [6.45, 7) is 3.86. The van der Waals surface area contributed by atoms with Crippen molar-refractivity contribution in [2.24, 2.45) is 5.92 Å². The Balaban J connectivity index is 1.54. The van der Waals surface area contributed by atoms with Crippen LogP contribution in [0.3, 0.4) is 0 Å². The maximum atomic E-state index is 12.8. The van der Waals surface area contributed by atoms with Gasteiger partial charge < -0.3 is 5.32 Å². The van der Waals surface area contributed by atoms with Crippen molar-refractivity contribution in [3.63, 3.8) is 0 Å². The summed E-state index contributed by atoms with van der Waals surface area (Å²) in [5, 5.41) is 3.24. The van der Waals surface area contributed by atoms with Gasteiger partial charge in [-0.1, -0.05) is 0 Å². The lowest BCUT2D eigenvalue weighted by Gasteiger charge is -2.15. The van der Waals surface area contributed by atoms with Gasteiger partial charge in [-0.25, -0.2) is 4.98 Å². The van der Waals surface area contributed by atoms with Gasteiger partial charge in [0.05, 0.1) is 5.56 Å². The van der Waals surface area contributed by atoms with E-state index in [4.69, 9.17) is 0 Å². The van der Waals surface area contributed by atoms with Crippen molar-refractivity contribution in [2.45, 2.75) is 32.5 Å². The fourth-order valence-electron chi connectivity index (χ4n) is 3.09. The minimum Gasteiger partial charge on any atom is -0.302 e. The minimum atomic E-state index is -4.34. The lowest BCUT2D eigenvalue weighted by Crippen LogP contribution is -2.20. The fraction of sp³-hybridized carbons (Fsp3) is 0.471. The lowest BCUT2D eigenvalue weighted by atomic mass is 10.0.